The van der Waals surface area contributed by atoms with Gasteiger partial charge in [-0.2, -0.15) is 4.99 Å². The molecule has 34 valence electrons. The van der Waals surface area contributed by atoms with Gasteiger partial charge in [-0.25, -0.2) is 4.79 Å². The Kier molecular flexibility index (Phi) is 3.80. The van der Waals surface area contributed by atoms with E-state index in [1.54, 1.807) is 0 Å². The number of hydrogen-bond acceptors (Lipinski definition) is 2. The molecule has 2 heteroatoms. The molecular weight excluding hydrogens is 90.1 g/mol. The first-order valence-electron chi connectivity index (χ1n) is 1.58. The van der Waals surface area contributed by atoms with Crippen LogP contribution in [0.1, 0.15) is 0 Å². The number of aliphatic imine (C=N–C) groups is 1. The van der Waals surface area contributed by atoms with Gasteiger partial charge in [-0.1, -0.05) is 5.73 Å². The molecule has 0 aliphatic heterocycles. The second-order valence-corrected chi connectivity index (χ2v) is 0.671. The molecule has 0 aromatic rings. The summed E-state index contributed by atoms with van der Waals surface area (Å²) in [6.07, 6.45) is 2.43. The Morgan fingerprint density at radius 1 is 1.71 bits per heavy atom. The van der Waals surface area contributed by atoms with E-state index >= 15 is 0 Å². The third-order valence-electron chi connectivity index (χ3n) is 0.284. The van der Waals surface area contributed by atoms with Crippen LogP contribution in [0.3, 0.4) is 0 Å². The number of hydrogen-bond donors (Lipinski definition) is 0. The number of carbonyl (C=O) groups excluding carboxylic acids is 1. The van der Waals surface area contributed by atoms with E-state index in [0.29, 0.717) is 0 Å². The second kappa shape index (κ2) is 4.68. The van der Waals surface area contributed by atoms with Gasteiger partial charge in [0.2, 0.25) is 6.08 Å². The van der Waals surface area contributed by atoms with Crippen LogP contribution in [-0.4, -0.2) is 6.08 Å². The summed E-state index contributed by atoms with van der Waals surface area (Å²) < 4.78 is 0. The monoisotopic (exact) mass is 93.0 g/mol. The minimum atomic E-state index is 1.14. The minimum Gasteiger partial charge on any atom is -0.211 e. The lowest BCUT2D eigenvalue weighted by molar-refractivity contribution is 0.565. The maximum Gasteiger partial charge on any atom is 0.240 e. The van der Waals surface area contributed by atoms with Crippen LogP contribution in [0.15, 0.2) is 29.2 Å². The number of rotatable bonds is 1. The Balaban J connectivity index is 3.96. The van der Waals surface area contributed by atoms with Gasteiger partial charge < -0.3 is 0 Å². The molecule has 0 fully saturated rings. The molecule has 0 amide bonds. The molecule has 0 rings (SSSR count). The van der Waals surface area contributed by atoms with Gasteiger partial charge in [0.15, 0.2) is 0 Å². The first-order chi connectivity index (χ1) is 3.41. The standard InChI is InChI=1S/C5H3NO/c1-2-3-4-6-5-7/h4H,1H2. The maximum atomic E-state index is 9.27. The van der Waals surface area contributed by atoms with Crippen LogP contribution < -0.4 is 0 Å². The SMILES string of the molecule is C=C=C=CN=C=O. The summed E-state index contributed by atoms with van der Waals surface area (Å²) in [7, 11) is 0. The van der Waals surface area contributed by atoms with Gasteiger partial charge in [0, 0.05) is 0 Å². The summed E-state index contributed by atoms with van der Waals surface area (Å²) >= 11 is 0. The van der Waals surface area contributed by atoms with E-state index in [9.17, 15) is 4.79 Å². The fourth-order valence-electron chi connectivity index (χ4n) is 0.104. The highest BCUT2D eigenvalue weighted by Crippen LogP contribution is 1.59. The zero-order chi connectivity index (χ0) is 5.54. The predicted octanol–water partition coefficient (Wildman–Crippen LogP) is 0.776. The average molecular weight is 93.1 g/mol. The highest BCUT2D eigenvalue weighted by atomic mass is 16.1. The van der Waals surface area contributed by atoms with Crippen molar-refractivity contribution in [3.63, 3.8) is 0 Å². The number of nitrogens with zero attached hydrogens (tertiary/aromatic N) is 1. The van der Waals surface area contributed by atoms with Gasteiger partial charge >= 0.3 is 0 Å². The van der Waals surface area contributed by atoms with Gasteiger partial charge in [0.25, 0.3) is 0 Å². The average Bonchev–Trinajstić information content (AvgIpc) is 1.69. The van der Waals surface area contributed by atoms with Crippen molar-refractivity contribution in [3.05, 3.63) is 24.2 Å². The van der Waals surface area contributed by atoms with Crippen molar-refractivity contribution < 1.29 is 4.79 Å². The molecule has 7 heavy (non-hydrogen) atoms. The Hall–Kier alpha value is -1.32. The largest absolute Gasteiger partial charge is 0.240 e. The molecule has 0 aromatic carbocycles. The highest BCUT2D eigenvalue weighted by Gasteiger charge is 1.47. The molecule has 2 nitrogen and oxygen atoms in total. The molecule has 0 unspecified atom stereocenters. The van der Waals surface area contributed by atoms with E-state index in [2.05, 4.69) is 23.0 Å². The molecule has 0 atom stereocenters. The predicted molar refractivity (Wildman–Crippen MR) is 25.3 cm³/mol. The third kappa shape index (κ3) is 4.68. The van der Waals surface area contributed by atoms with Crippen LogP contribution in [0.2, 0.25) is 0 Å². The minimum absolute atomic E-state index is 1.14. The maximum absolute atomic E-state index is 9.27. The van der Waals surface area contributed by atoms with Crippen molar-refractivity contribution in [1.29, 1.82) is 0 Å². The van der Waals surface area contributed by atoms with Crippen molar-refractivity contribution in [2.45, 2.75) is 0 Å². The van der Waals surface area contributed by atoms with Crippen LogP contribution in [0.5, 0.6) is 0 Å². The fraction of sp³-hybridized carbons (Fsp3) is 0. The summed E-state index contributed by atoms with van der Waals surface area (Å²) in [6.45, 7) is 3.18. The third-order valence-corrected chi connectivity index (χ3v) is 0.284. The molecule has 0 aliphatic rings. The van der Waals surface area contributed by atoms with Crippen molar-refractivity contribution in [3.8, 4) is 0 Å². The van der Waals surface area contributed by atoms with Gasteiger partial charge in [-0.3, -0.25) is 0 Å². The Morgan fingerprint density at radius 3 is 2.86 bits per heavy atom. The summed E-state index contributed by atoms with van der Waals surface area (Å²) in [5.41, 5.74) is 4.61. The van der Waals surface area contributed by atoms with E-state index in [1.165, 1.54) is 6.08 Å². The summed E-state index contributed by atoms with van der Waals surface area (Å²) in [4.78, 5) is 12.3. The number of isocyanates is 1. The van der Waals surface area contributed by atoms with Crippen LogP contribution >= 0.6 is 0 Å². The summed E-state index contributed by atoms with van der Waals surface area (Å²) in [5, 5.41) is 0. The molecular formula is C5H3NO. The first-order valence-corrected chi connectivity index (χ1v) is 1.58. The molecule has 0 spiro atoms. The quantitative estimate of drug-likeness (QED) is 0.267. The Labute approximate surface area is 41.2 Å². The van der Waals surface area contributed by atoms with E-state index in [1.807, 2.05) is 0 Å². The molecule has 0 saturated carbocycles. The lowest BCUT2D eigenvalue weighted by Gasteiger charge is -1.49. The Morgan fingerprint density at radius 2 is 2.43 bits per heavy atom. The summed E-state index contributed by atoms with van der Waals surface area (Å²) in [5.74, 6) is 0. The normalized spacial score (nSPS) is 4.57. The van der Waals surface area contributed by atoms with Crippen molar-refractivity contribution in [2.75, 3.05) is 0 Å². The second-order valence-electron chi connectivity index (χ2n) is 0.671. The molecule has 0 aliphatic carbocycles. The highest BCUT2D eigenvalue weighted by molar-refractivity contribution is 5.34. The molecule has 0 radical (unpaired) electrons. The van der Waals surface area contributed by atoms with E-state index in [-0.39, 0.29) is 0 Å². The van der Waals surface area contributed by atoms with E-state index in [0.717, 1.165) is 6.20 Å². The lowest BCUT2D eigenvalue weighted by Crippen LogP contribution is -1.40. The van der Waals surface area contributed by atoms with Gasteiger partial charge in [0.1, 0.15) is 0 Å². The zero-order valence-corrected chi connectivity index (χ0v) is 3.64. The van der Waals surface area contributed by atoms with Gasteiger partial charge in [-0.05, 0) is 12.3 Å². The molecule has 0 heterocycles. The van der Waals surface area contributed by atoms with E-state index in [4.69, 9.17) is 0 Å². The molecule has 0 N–H and O–H groups in total. The van der Waals surface area contributed by atoms with Crippen LogP contribution in [0.4, 0.5) is 0 Å². The topological polar surface area (TPSA) is 29.4 Å². The van der Waals surface area contributed by atoms with Crippen LogP contribution in [0.25, 0.3) is 0 Å². The first kappa shape index (κ1) is 5.68. The molecule has 0 bridgehead atoms. The smallest absolute Gasteiger partial charge is 0.211 e. The summed E-state index contributed by atoms with van der Waals surface area (Å²) in [6, 6.07) is 0. The van der Waals surface area contributed by atoms with E-state index < -0.39 is 0 Å². The van der Waals surface area contributed by atoms with Crippen LogP contribution in [-0.2, 0) is 4.79 Å². The van der Waals surface area contributed by atoms with Crippen LogP contribution in [0, 0.1) is 0 Å². The molecule has 0 aromatic heterocycles. The van der Waals surface area contributed by atoms with Gasteiger partial charge in [0.05, 0.1) is 6.20 Å². The molecule has 0 saturated heterocycles. The van der Waals surface area contributed by atoms with Gasteiger partial charge in [-0.15, -0.1) is 0 Å². The Bertz CT molecular complexity index is 165. The van der Waals surface area contributed by atoms with Crippen molar-refractivity contribution in [1.82, 2.24) is 0 Å². The fourth-order valence-corrected chi connectivity index (χ4v) is 0.104. The lowest BCUT2D eigenvalue weighted by atomic mass is 10.8. The zero-order valence-electron chi connectivity index (χ0n) is 3.64. The van der Waals surface area contributed by atoms with Crippen molar-refractivity contribution >= 4 is 6.08 Å². The van der Waals surface area contributed by atoms with Crippen molar-refractivity contribution in [2.24, 2.45) is 4.99 Å².